The molecule has 0 radical (unpaired) electrons. The first kappa shape index (κ1) is 22.4. The van der Waals surface area contributed by atoms with Crippen molar-refractivity contribution in [3.05, 3.63) is 33.3 Å². The lowest BCUT2D eigenvalue weighted by Crippen LogP contribution is -2.49. The lowest BCUT2D eigenvalue weighted by Gasteiger charge is -2.40. The van der Waals surface area contributed by atoms with Gasteiger partial charge in [0.05, 0.1) is 5.02 Å². The van der Waals surface area contributed by atoms with E-state index in [0.29, 0.717) is 0 Å². The summed E-state index contributed by atoms with van der Waals surface area (Å²) in [6.07, 6.45) is -6.97. The van der Waals surface area contributed by atoms with E-state index in [-0.39, 0.29) is 51.8 Å². The third-order valence-electron chi connectivity index (χ3n) is 5.12. The fourth-order valence-electron chi connectivity index (χ4n) is 4.05. The standard InChI is InChI=1S/C19H15Cl2F3O6/c1-8(25)30-17(19(22,23)24)18-3-2-10(26)5-11(18)14-9(6-18)4-12(15(20)16(14)21)29-7-13(27)28/h4-5,17H,2-3,6-7H2,1H3,(H,27,28). The summed E-state index contributed by atoms with van der Waals surface area (Å²) < 4.78 is 51.6. The van der Waals surface area contributed by atoms with Crippen LogP contribution < -0.4 is 4.74 Å². The van der Waals surface area contributed by atoms with Gasteiger partial charge in [0, 0.05) is 24.3 Å². The minimum atomic E-state index is -4.91. The molecule has 0 fully saturated rings. The Bertz CT molecular complexity index is 972. The number of carboxylic acid groups (broad SMARTS) is 1. The van der Waals surface area contributed by atoms with Crippen molar-refractivity contribution in [1.29, 1.82) is 0 Å². The van der Waals surface area contributed by atoms with E-state index in [0.717, 1.165) is 13.0 Å². The second-order valence-electron chi connectivity index (χ2n) is 7.11. The monoisotopic (exact) mass is 466 g/mol. The average molecular weight is 467 g/mol. The van der Waals surface area contributed by atoms with Crippen molar-refractivity contribution in [1.82, 2.24) is 0 Å². The van der Waals surface area contributed by atoms with Crippen LogP contribution in [0.15, 0.2) is 12.1 Å². The molecule has 3 rings (SSSR count). The van der Waals surface area contributed by atoms with Gasteiger partial charge in [0.15, 0.2) is 12.4 Å². The SMILES string of the molecule is CC(=O)OC(C(F)(F)F)C12CCC(=O)C=C1c1c(cc(OCC(=O)O)c(Cl)c1Cl)C2. The summed E-state index contributed by atoms with van der Waals surface area (Å²) in [4.78, 5) is 34.3. The fourth-order valence-corrected chi connectivity index (χ4v) is 4.57. The molecule has 1 N–H and O–H groups in total. The Morgan fingerprint density at radius 2 is 1.97 bits per heavy atom. The van der Waals surface area contributed by atoms with Gasteiger partial charge in [-0.05, 0) is 36.1 Å². The molecule has 2 atom stereocenters. The molecular weight excluding hydrogens is 452 g/mol. The zero-order valence-electron chi connectivity index (χ0n) is 15.4. The predicted molar refractivity (Wildman–Crippen MR) is 99.6 cm³/mol. The number of carboxylic acids is 1. The molecule has 162 valence electrons. The summed E-state index contributed by atoms with van der Waals surface area (Å²) in [5.41, 5.74) is -1.35. The van der Waals surface area contributed by atoms with Gasteiger partial charge in [-0.1, -0.05) is 23.2 Å². The van der Waals surface area contributed by atoms with Crippen LogP contribution in [0.25, 0.3) is 5.57 Å². The molecule has 2 unspecified atom stereocenters. The molecule has 1 aromatic rings. The van der Waals surface area contributed by atoms with Crippen LogP contribution in [0.4, 0.5) is 13.2 Å². The first-order chi connectivity index (χ1) is 13.9. The Morgan fingerprint density at radius 3 is 2.53 bits per heavy atom. The summed E-state index contributed by atoms with van der Waals surface area (Å²) in [7, 11) is 0. The minimum Gasteiger partial charge on any atom is -0.480 e. The highest BCUT2D eigenvalue weighted by Gasteiger charge is 2.61. The Morgan fingerprint density at radius 1 is 1.30 bits per heavy atom. The number of aliphatic carboxylic acids is 1. The second-order valence-corrected chi connectivity index (χ2v) is 7.86. The van der Waals surface area contributed by atoms with E-state index in [1.807, 2.05) is 0 Å². The van der Waals surface area contributed by atoms with Gasteiger partial charge in [-0.25, -0.2) is 4.79 Å². The number of hydrogen-bond donors (Lipinski definition) is 1. The zero-order valence-corrected chi connectivity index (χ0v) is 17.0. The van der Waals surface area contributed by atoms with Crippen molar-refractivity contribution in [3.8, 4) is 5.75 Å². The third kappa shape index (κ3) is 3.88. The number of halogens is 5. The van der Waals surface area contributed by atoms with E-state index in [1.54, 1.807) is 0 Å². The number of ether oxygens (including phenoxy) is 2. The van der Waals surface area contributed by atoms with E-state index >= 15 is 0 Å². The summed E-state index contributed by atoms with van der Waals surface area (Å²) in [6.45, 7) is 0.135. The average Bonchev–Trinajstić information content (AvgIpc) is 2.94. The van der Waals surface area contributed by atoms with E-state index < -0.39 is 42.0 Å². The van der Waals surface area contributed by atoms with Crippen molar-refractivity contribution in [3.63, 3.8) is 0 Å². The largest absolute Gasteiger partial charge is 0.480 e. The molecule has 0 saturated carbocycles. The molecule has 2 aliphatic carbocycles. The van der Waals surface area contributed by atoms with Crippen LogP contribution in [0.3, 0.4) is 0 Å². The molecule has 1 aromatic carbocycles. The number of ketones is 1. The van der Waals surface area contributed by atoms with E-state index in [1.165, 1.54) is 6.07 Å². The van der Waals surface area contributed by atoms with Crippen molar-refractivity contribution < 1.29 is 42.1 Å². The number of benzene rings is 1. The number of rotatable bonds is 5. The number of fused-ring (bicyclic) bond motifs is 3. The quantitative estimate of drug-likeness (QED) is 0.652. The highest BCUT2D eigenvalue weighted by atomic mass is 35.5. The highest BCUT2D eigenvalue weighted by Crippen LogP contribution is 2.60. The van der Waals surface area contributed by atoms with Crippen LogP contribution in [0.1, 0.15) is 30.9 Å². The zero-order chi connectivity index (χ0) is 22.4. The van der Waals surface area contributed by atoms with Crippen LogP contribution in [0.5, 0.6) is 5.75 Å². The molecule has 0 heterocycles. The number of carbonyl (C=O) groups excluding carboxylic acids is 2. The van der Waals surface area contributed by atoms with Gasteiger partial charge < -0.3 is 14.6 Å². The molecule has 2 aliphatic rings. The van der Waals surface area contributed by atoms with Crippen LogP contribution in [-0.4, -0.2) is 41.7 Å². The van der Waals surface area contributed by atoms with Gasteiger partial charge in [-0.15, -0.1) is 0 Å². The normalized spacial score (nSPS) is 21.4. The van der Waals surface area contributed by atoms with Gasteiger partial charge in [0.25, 0.3) is 0 Å². The summed E-state index contributed by atoms with van der Waals surface area (Å²) in [5.74, 6) is -2.91. The fraction of sp³-hybridized carbons (Fsp3) is 0.421. The molecule has 0 amide bonds. The maximum Gasteiger partial charge on any atom is 0.426 e. The Hall–Kier alpha value is -2.26. The van der Waals surface area contributed by atoms with Crippen molar-refractivity contribution in [2.75, 3.05) is 6.61 Å². The van der Waals surface area contributed by atoms with Gasteiger partial charge in [-0.3, -0.25) is 9.59 Å². The molecule has 11 heteroatoms. The van der Waals surface area contributed by atoms with Gasteiger partial charge >= 0.3 is 18.1 Å². The van der Waals surface area contributed by atoms with Crippen LogP contribution >= 0.6 is 23.2 Å². The van der Waals surface area contributed by atoms with E-state index in [2.05, 4.69) is 0 Å². The Balaban J connectivity index is 2.19. The van der Waals surface area contributed by atoms with Gasteiger partial charge in [0.1, 0.15) is 10.8 Å². The van der Waals surface area contributed by atoms with Crippen molar-refractivity contribution in [2.45, 2.75) is 38.5 Å². The van der Waals surface area contributed by atoms with E-state index in [9.17, 15) is 27.6 Å². The summed E-state index contributed by atoms with van der Waals surface area (Å²) >= 11 is 12.5. The molecule has 0 aliphatic heterocycles. The number of hydrogen-bond acceptors (Lipinski definition) is 5. The third-order valence-corrected chi connectivity index (χ3v) is 5.97. The molecule has 0 spiro atoms. The number of esters is 1. The molecule has 0 bridgehead atoms. The maximum atomic E-state index is 13.9. The smallest absolute Gasteiger partial charge is 0.426 e. The minimum absolute atomic E-state index is 0.00555. The Labute approximate surface area is 178 Å². The second kappa shape index (κ2) is 7.77. The number of allylic oxidation sites excluding steroid dienone is 1. The van der Waals surface area contributed by atoms with Crippen molar-refractivity contribution >= 4 is 46.5 Å². The van der Waals surface area contributed by atoms with Crippen LogP contribution in [0.2, 0.25) is 10.0 Å². The molecular formula is C19H15Cl2F3O6. The lowest BCUT2D eigenvalue weighted by atomic mass is 9.68. The first-order valence-electron chi connectivity index (χ1n) is 8.71. The van der Waals surface area contributed by atoms with Gasteiger partial charge in [-0.2, -0.15) is 13.2 Å². The lowest BCUT2D eigenvalue weighted by molar-refractivity contribution is -0.243. The molecule has 0 aromatic heterocycles. The molecule has 0 saturated heterocycles. The predicted octanol–water partition coefficient (Wildman–Crippen LogP) is 4.24. The van der Waals surface area contributed by atoms with Gasteiger partial charge in [0.2, 0.25) is 6.10 Å². The van der Waals surface area contributed by atoms with Crippen LogP contribution in [-0.2, 0) is 25.5 Å². The van der Waals surface area contributed by atoms with Crippen molar-refractivity contribution in [2.24, 2.45) is 5.41 Å². The highest BCUT2D eigenvalue weighted by molar-refractivity contribution is 6.44. The molecule has 6 nitrogen and oxygen atoms in total. The molecule has 30 heavy (non-hydrogen) atoms. The Kier molecular flexibility index (Phi) is 5.81. The topological polar surface area (TPSA) is 89.9 Å². The number of alkyl halides is 3. The summed E-state index contributed by atoms with van der Waals surface area (Å²) in [6, 6.07) is 1.30. The number of carbonyl (C=O) groups is 3. The van der Waals surface area contributed by atoms with Crippen LogP contribution in [0, 0.1) is 5.41 Å². The summed E-state index contributed by atoms with van der Waals surface area (Å²) in [5, 5.41) is 8.43. The van der Waals surface area contributed by atoms with E-state index in [4.69, 9.17) is 37.8 Å². The first-order valence-corrected chi connectivity index (χ1v) is 9.47. The maximum absolute atomic E-state index is 13.9.